The monoisotopic (exact) mass is 426 g/mol. The molecule has 0 radical (unpaired) electrons. The number of aromatic nitrogens is 1. The molecule has 0 aliphatic carbocycles. The van der Waals surface area contributed by atoms with Gasteiger partial charge in [-0.1, -0.05) is 0 Å². The van der Waals surface area contributed by atoms with E-state index in [9.17, 15) is 26.0 Å². The lowest BCUT2D eigenvalue weighted by Gasteiger charge is -2.23. The molecule has 3 N–H and O–H groups in total. The van der Waals surface area contributed by atoms with E-state index in [1.165, 1.54) is 48.7 Å². The highest BCUT2D eigenvalue weighted by Gasteiger charge is 2.44. The van der Waals surface area contributed by atoms with Crippen LogP contribution in [0.3, 0.4) is 0 Å². The van der Waals surface area contributed by atoms with Gasteiger partial charge in [-0.25, -0.2) is 17.9 Å². The van der Waals surface area contributed by atoms with Crippen LogP contribution < -0.4 is 10.1 Å². The number of hydrazone groups is 1. The number of benzene rings is 2. The SMILES string of the molecule is NS(=O)(=O)c1ccc(N2N=C(C(F)(F)F)CC2c2c[nH]c3ccc(F)cc23)cc1. The number of aromatic amines is 1. The number of rotatable bonds is 3. The first kappa shape index (κ1) is 19.4. The number of halogens is 4. The van der Waals surface area contributed by atoms with Gasteiger partial charge in [0.05, 0.1) is 16.6 Å². The van der Waals surface area contributed by atoms with Crippen LogP contribution in [0.2, 0.25) is 0 Å². The summed E-state index contributed by atoms with van der Waals surface area (Å²) in [6, 6.07) is 8.17. The van der Waals surface area contributed by atoms with Gasteiger partial charge in [0.25, 0.3) is 0 Å². The molecule has 152 valence electrons. The average molecular weight is 426 g/mol. The average Bonchev–Trinajstić information content (AvgIpc) is 3.24. The van der Waals surface area contributed by atoms with Crippen LogP contribution in [0.25, 0.3) is 10.9 Å². The van der Waals surface area contributed by atoms with E-state index >= 15 is 0 Å². The van der Waals surface area contributed by atoms with E-state index in [2.05, 4.69) is 10.1 Å². The van der Waals surface area contributed by atoms with Crippen molar-refractivity contribution in [2.24, 2.45) is 10.2 Å². The van der Waals surface area contributed by atoms with Gasteiger partial charge in [-0.2, -0.15) is 18.3 Å². The van der Waals surface area contributed by atoms with Gasteiger partial charge >= 0.3 is 6.18 Å². The van der Waals surface area contributed by atoms with Crippen molar-refractivity contribution in [3.05, 3.63) is 60.0 Å². The Balaban J connectivity index is 1.81. The Bertz CT molecular complexity index is 1220. The minimum atomic E-state index is -4.63. The van der Waals surface area contributed by atoms with Crippen molar-refractivity contribution in [3.63, 3.8) is 0 Å². The second-order valence-electron chi connectivity index (χ2n) is 6.58. The highest BCUT2D eigenvalue weighted by Crippen LogP contribution is 2.41. The topological polar surface area (TPSA) is 91.6 Å². The summed E-state index contributed by atoms with van der Waals surface area (Å²) in [5.74, 6) is -0.516. The minimum absolute atomic E-state index is 0.175. The van der Waals surface area contributed by atoms with Gasteiger partial charge in [0, 0.05) is 29.1 Å². The summed E-state index contributed by atoms with van der Waals surface area (Å²) in [6.45, 7) is 0. The zero-order valence-electron chi connectivity index (χ0n) is 14.6. The first-order valence-corrected chi connectivity index (χ1v) is 9.92. The van der Waals surface area contributed by atoms with Crippen LogP contribution in [0.5, 0.6) is 0 Å². The third-order valence-corrected chi connectivity index (χ3v) is 5.63. The smallest absolute Gasteiger partial charge is 0.361 e. The molecule has 4 rings (SSSR count). The fraction of sp³-hybridized carbons (Fsp3) is 0.167. The van der Waals surface area contributed by atoms with Crippen LogP contribution >= 0.6 is 0 Å². The Kier molecular flexibility index (Phi) is 4.39. The molecule has 1 unspecified atom stereocenters. The van der Waals surface area contributed by atoms with Crippen LogP contribution in [0.4, 0.5) is 23.2 Å². The normalized spacial score (nSPS) is 17.8. The van der Waals surface area contributed by atoms with E-state index in [1.54, 1.807) is 0 Å². The van der Waals surface area contributed by atoms with Crippen molar-refractivity contribution in [2.45, 2.75) is 23.5 Å². The molecular formula is C18H14F4N4O2S. The largest absolute Gasteiger partial charge is 0.431 e. The van der Waals surface area contributed by atoms with Crippen molar-refractivity contribution in [1.29, 1.82) is 0 Å². The number of nitrogens with zero attached hydrogens (tertiary/aromatic N) is 2. The van der Waals surface area contributed by atoms with Crippen LogP contribution in [-0.4, -0.2) is 25.3 Å². The number of nitrogens with one attached hydrogen (secondary N) is 1. The molecule has 0 saturated carbocycles. The fourth-order valence-corrected chi connectivity index (χ4v) is 3.86. The predicted molar refractivity (Wildman–Crippen MR) is 99.4 cm³/mol. The standard InChI is InChI=1S/C18H14F4N4O2S/c19-10-1-6-15-13(7-10)14(9-24-15)16-8-17(18(20,21)22)25-26(16)11-2-4-12(5-3-11)29(23,27)28/h1-7,9,16,24H,8H2,(H2,23,27,28). The molecule has 0 fully saturated rings. The van der Waals surface area contributed by atoms with Gasteiger partial charge < -0.3 is 4.98 Å². The predicted octanol–water partition coefficient (Wildman–Crippen LogP) is 3.82. The summed E-state index contributed by atoms with van der Waals surface area (Å²) in [6.07, 6.45) is -3.55. The molecule has 29 heavy (non-hydrogen) atoms. The Hall–Kier alpha value is -2.92. The molecule has 1 aliphatic heterocycles. The summed E-state index contributed by atoms with van der Waals surface area (Å²) in [4.78, 5) is 2.75. The van der Waals surface area contributed by atoms with Crippen LogP contribution in [0, 0.1) is 5.82 Å². The molecule has 3 aromatic rings. The van der Waals surface area contributed by atoms with Gasteiger partial charge in [0.15, 0.2) is 0 Å². The molecular weight excluding hydrogens is 412 g/mol. The molecule has 0 bridgehead atoms. The number of sulfonamides is 1. The zero-order chi connectivity index (χ0) is 21.0. The lowest BCUT2D eigenvalue weighted by atomic mass is 10.0. The van der Waals surface area contributed by atoms with E-state index in [1.807, 2.05) is 0 Å². The molecule has 1 aliphatic rings. The summed E-state index contributed by atoms with van der Waals surface area (Å²) in [7, 11) is -3.95. The number of anilines is 1. The second-order valence-corrected chi connectivity index (χ2v) is 8.14. The Morgan fingerprint density at radius 2 is 1.83 bits per heavy atom. The van der Waals surface area contributed by atoms with Crippen molar-refractivity contribution in [1.82, 2.24) is 4.98 Å². The molecule has 2 aromatic carbocycles. The van der Waals surface area contributed by atoms with Crippen LogP contribution in [0.1, 0.15) is 18.0 Å². The van der Waals surface area contributed by atoms with Crippen molar-refractivity contribution < 1.29 is 26.0 Å². The van der Waals surface area contributed by atoms with Gasteiger partial charge in [-0.3, -0.25) is 5.01 Å². The Morgan fingerprint density at radius 3 is 2.45 bits per heavy atom. The van der Waals surface area contributed by atoms with Gasteiger partial charge in [-0.15, -0.1) is 0 Å². The molecule has 0 saturated heterocycles. The molecule has 11 heteroatoms. The maximum absolute atomic E-state index is 13.7. The van der Waals surface area contributed by atoms with Gasteiger partial charge in [-0.05, 0) is 42.5 Å². The van der Waals surface area contributed by atoms with E-state index in [0.29, 0.717) is 16.5 Å². The maximum atomic E-state index is 13.7. The molecule has 6 nitrogen and oxygen atoms in total. The number of primary sulfonamides is 1. The summed E-state index contributed by atoms with van der Waals surface area (Å²) < 4.78 is 76.6. The number of H-pyrrole nitrogens is 1. The van der Waals surface area contributed by atoms with Crippen molar-refractivity contribution >= 4 is 32.3 Å². The number of hydrogen-bond donors (Lipinski definition) is 2. The van der Waals surface area contributed by atoms with Crippen LogP contribution in [0.15, 0.2) is 58.7 Å². The van der Waals surface area contributed by atoms with E-state index in [0.717, 1.165) is 5.01 Å². The lowest BCUT2D eigenvalue weighted by molar-refractivity contribution is -0.0600. The Labute approximate surface area is 162 Å². The third kappa shape index (κ3) is 3.58. The molecule has 1 atom stereocenters. The molecule has 0 amide bonds. The summed E-state index contributed by atoms with van der Waals surface area (Å²) in [5.41, 5.74) is 0.278. The summed E-state index contributed by atoms with van der Waals surface area (Å²) in [5, 5.41) is 10.4. The molecule has 1 aromatic heterocycles. The quantitative estimate of drug-likeness (QED) is 0.624. The van der Waals surface area contributed by atoms with E-state index in [4.69, 9.17) is 5.14 Å². The number of nitrogens with two attached hydrogens (primary N) is 1. The second kappa shape index (κ2) is 6.56. The van der Waals surface area contributed by atoms with Crippen molar-refractivity contribution in [2.75, 3.05) is 5.01 Å². The highest BCUT2D eigenvalue weighted by atomic mass is 32.2. The number of fused-ring (bicyclic) bond motifs is 1. The van der Waals surface area contributed by atoms with Gasteiger partial charge in [0.1, 0.15) is 11.5 Å². The first-order valence-electron chi connectivity index (χ1n) is 8.37. The third-order valence-electron chi connectivity index (χ3n) is 4.70. The van der Waals surface area contributed by atoms with Crippen molar-refractivity contribution in [3.8, 4) is 0 Å². The zero-order valence-corrected chi connectivity index (χ0v) is 15.4. The fourth-order valence-electron chi connectivity index (χ4n) is 3.34. The molecule has 2 heterocycles. The highest BCUT2D eigenvalue weighted by molar-refractivity contribution is 7.89. The summed E-state index contributed by atoms with van der Waals surface area (Å²) >= 11 is 0. The first-order chi connectivity index (χ1) is 13.5. The number of hydrogen-bond acceptors (Lipinski definition) is 4. The molecule has 0 spiro atoms. The van der Waals surface area contributed by atoms with E-state index in [-0.39, 0.29) is 10.6 Å². The Morgan fingerprint density at radius 1 is 1.14 bits per heavy atom. The van der Waals surface area contributed by atoms with E-state index < -0.39 is 40.2 Å². The maximum Gasteiger partial charge on any atom is 0.431 e. The van der Waals surface area contributed by atoms with Gasteiger partial charge in [0.2, 0.25) is 10.0 Å². The minimum Gasteiger partial charge on any atom is -0.361 e. The van der Waals surface area contributed by atoms with Crippen LogP contribution in [-0.2, 0) is 10.0 Å². The number of alkyl halides is 3. The lowest BCUT2D eigenvalue weighted by Crippen LogP contribution is -2.21.